The fraction of sp³-hybridized carbons (Fsp3) is 0.458. The number of halogens is 1. The summed E-state index contributed by atoms with van der Waals surface area (Å²) in [5, 5.41) is 16.5. The molecule has 2 aromatic heterocycles. The standard InChI is InChI=1S/C24H30FN5O3/c1-14(2)20(21-15(3)18-11-16(25)5-6-19(18)33-21)29-23(31)28-17-12-26-22(27-13-17)30-9-7-24(4,32)8-10-30/h5-6,11-14,20,32H,7-10H2,1-4H3,(H2,28,29,31)/t20-/m0/s1. The molecule has 0 spiro atoms. The first-order valence-corrected chi connectivity index (χ1v) is 11.2. The zero-order chi connectivity index (χ0) is 23.8. The summed E-state index contributed by atoms with van der Waals surface area (Å²) in [6.45, 7) is 9.01. The quantitative estimate of drug-likeness (QED) is 0.522. The van der Waals surface area contributed by atoms with Crippen molar-refractivity contribution in [1.82, 2.24) is 15.3 Å². The number of urea groups is 1. The van der Waals surface area contributed by atoms with E-state index in [0.29, 0.717) is 54.3 Å². The SMILES string of the molecule is Cc1c([C@@H](NC(=O)Nc2cnc(N3CCC(C)(O)CC3)nc2)C(C)C)oc2ccc(F)cc12. The van der Waals surface area contributed by atoms with E-state index >= 15 is 0 Å². The lowest BCUT2D eigenvalue weighted by Gasteiger charge is -2.35. The summed E-state index contributed by atoms with van der Waals surface area (Å²) in [5.74, 6) is 0.882. The number of rotatable bonds is 5. The smallest absolute Gasteiger partial charge is 0.319 e. The largest absolute Gasteiger partial charge is 0.459 e. The number of furan rings is 1. The van der Waals surface area contributed by atoms with Crippen LogP contribution in [0.5, 0.6) is 0 Å². The van der Waals surface area contributed by atoms with Gasteiger partial charge in [0.25, 0.3) is 0 Å². The van der Waals surface area contributed by atoms with E-state index in [-0.39, 0.29) is 11.7 Å². The van der Waals surface area contributed by atoms with Crippen LogP contribution in [-0.2, 0) is 0 Å². The first-order valence-electron chi connectivity index (χ1n) is 11.2. The summed E-state index contributed by atoms with van der Waals surface area (Å²) in [6, 6.07) is 3.58. The summed E-state index contributed by atoms with van der Waals surface area (Å²) >= 11 is 0. The third-order valence-corrected chi connectivity index (χ3v) is 6.19. The molecule has 1 saturated heterocycles. The van der Waals surface area contributed by atoms with Crippen LogP contribution >= 0.6 is 0 Å². The summed E-state index contributed by atoms with van der Waals surface area (Å²) < 4.78 is 19.6. The summed E-state index contributed by atoms with van der Waals surface area (Å²) in [4.78, 5) is 23.5. The molecule has 1 fully saturated rings. The average Bonchev–Trinajstić information content (AvgIpc) is 3.08. The molecule has 8 nitrogen and oxygen atoms in total. The third kappa shape index (κ3) is 5.08. The number of piperidine rings is 1. The number of nitrogens with one attached hydrogen (secondary N) is 2. The zero-order valence-corrected chi connectivity index (χ0v) is 19.4. The van der Waals surface area contributed by atoms with Crippen LogP contribution in [0, 0.1) is 18.7 Å². The van der Waals surface area contributed by atoms with E-state index < -0.39 is 17.7 Å². The third-order valence-electron chi connectivity index (χ3n) is 6.19. The number of anilines is 2. The Balaban J connectivity index is 1.43. The second-order valence-electron chi connectivity index (χ2n) is 9.31. The maximum atomic E-state index is 13.7. The predicted octanol–water partition coefficient (Wildman–Crippen LogP) is 4.54. The number of hydrogen-bond donors (Lipinski definition) is 3. The molecule has 0 saturated carbocycles. The van der Waals surface area contributed by atoms with Crippen molar-refractivity contribution < 1.29 is 18.7 Å². The van der Waals surface area contributed by atoms with E-state index in [1.54, 1.807) is 18.5 Å². The van der Waals surface area contributed by atoms with Crippen molar-refractivity contribution in [2.24, 2.45) is 5.92 Å². The van der Waals surface area contributed by atoms with E-state index in [4.69, 9.17) is 4.42 Å². The molecule has 176 valence electrons. The second kappa shape index (κ2) is 8.97. The van der Waals surface area contributed by atoms with Crippen molar-refractivity contribution >= 4 is 28.6 Å². The topological polar surface area (TPSA) is 104 Å². The van der Waals surface area contributed by atoms with Crippen LogP contribution < -0.4 is 15.5 Å². The highest BCUT2D eigenvalue weighted by Crippen LogP contribution is 2.33. The van der Waals surface area contributed by atoms with Crippen molar-refractivity contribution in [3.63, 3.8) is 0 Å². The van der Waals surface area contributed by atoms with Gasteiger partial charge in [-0.3, -0.25) is 0 Å². The van der Waals surface area contributed by atoms with Gasteiger partial charge in [-0.25, -0.2) is 19.2 Å². The minimum Gasteiger partial charge on any atom is -0.459 e. The molecule has 1 aliphatic rings. The number of aliphatic hydroxyl groups is 1. The lowest BCUT2D eigenvalue weighted by Crippen LogP contribution is -2.43. The number of aryl methyl sites for hydroxylation is 1. The maximum absolute atomic E-state index is 13.7. The number of hydrogen-bond acceptors (Lipinski definition) is 6. The number of nitrogens with zero attached hydrogens (tertiary/aromatic N) is 3. The van der Waals surface area contributed by atoms with Gasteiger partial charge in [-0.15, -0.1) is 0 Å². The first-order chi connectivity index (χ1) is 15.6. The highest BCUT2D eigenvalue weighted by atomic mass is 19.1. The van der Waals surface area contributed by atoms with Crippen LogP contribution in [0.3, 0.4) is 0 Å². The molecule has 3 heterocycles. The number of carbonyl (C=O) groups excluding carboxylic acids is 1. The van der Waals surface area contributed by atoms with Crippen molar-refractivity contribution in [1.29, 1.82) is 0 Å². The second-order valence-corrected chi connectivity index (χ2v) is 9.31. The van der Waals surface area contributed by atoms with Crippen molar-refractivity contribution in [3.05, 3.63) is 47.7 Å². The molecule has 0 radical (unpaired) electrons. The lowest BCUT2D eigenvalue weighted by atomic mass is 9.94. The van der Waals surface area contributed by atoms with Gasteiger partial charge in [-0.1, -0.05) is 13.8 Å². The van der Waals surface area contributed by atoms with Gasteiger partial charge >= 0.3 is 6.03 Å². The number of fused-ring (bicyclic) bond motifs is 1. The van der Waals surface area contributed by atoms with Gasteiger partial charge in [-0.2, -0.15) is 0 Å². The van der Waals surface area contributed by atoms with Gasteiger partial charge in [0.05, 0.1) is 29.7 Å². The molecular formula is C24H30FN5O3. The molecule has 0 unspecified atom stereocenters. The van der Waals surface area contributed by atoms with Crippen molar-refractivity contribution in [2.75, 3.05) is 23.3 Å². The van der Waals surface area contributed by atoms with E-state index in [1.165, 1.54) is 12.1 Å². The predicted molar refractivity (Wildman–Crippen MR) is 125 cm³/mol. The molecule has 0 aliphatic carbocycles. The van der Waals surface area contributed by atoms with Crippen molar-refractivity contribution in [3.8, 4) is 0 Å². The van der Waals surface area contributed by atoms with Gasteiger partial charge in [0.1, 0.15) is 17.2 Å². The Labute approximate surface area is 192 Å². The fourth-order valence-electron chi connectivity index (χ4n) is 4.09. The van der Waals surface area contributed by atoms with Gasteiger partial charge in [0.15, 0.2) is 0 Å². The molecule has 1 aromatic carbocycles. The lowest BCUT2D eigenvalue weighted by molar-refractivity contribution is 0.0349. The number of benzene rings is 1. The van der Waals surface area contributed by atoms with Crippen LogP contribution in [0.15, 0.2) is 35.0 Å². The number of amides is 2. The van der Waals surface area contributed by atoms with E-state index in [9.17, 15) is 14.3 Å². The highest BCUT2D eigenvalue weighted by Gasteiger charge is 2.29. The molecule has 0 bridgehead atoms. The Morgan fingerprint density at radius 2 is 1.91 bits per heavy atom. The molecule has 1 aliphatic heterocycles. The van der Waals surface area contributed by atoms with Crippen LogP contribution in [0.4, 0.5) is 20.8 Å². The van der Waals surface area contributed by atoms with Gasteiger partial charge in [0.2, 0.25) is 5.95 Å². The van der Waals surface area contributed by atoms with Crippen LogP contribution in [0.1, 0.15) is 51.0 Å². The summed E-state index contributed by atoms with van der Waals surface area (Å²) in [7, 11) is 0. The molecular weight excluding hydrogens is 425 g/mol. The monoisotopic (exact) mass is 455 g/mol. The van der Waals surface area contributed by atoms with Gasteiger partial charge in [0, 0.05) is 24.0 Å². The minimum atomic E-state index is -0.643. The van der Waals surface area contributed by atoms with Crippen LogP contribution in [0.2, 0.25) is 0 Å². The van der Waals surface area contributed by atoms with Crippen LogP contribution in [-0.4, -0.2) is 39.8 Å². The van der Waals surface area contributed by atoms with Gasteiger partial charge < -0.3 is 25.1 Å². The van der Waals surface area contributed by atoms with E-state index in [2.05, 4.69) is 20.6 Å². The number of carbonyl (C=O) groups is 1. The Kier molecular flexibility index (Phi) is 6.25. The molecule has 33 heavy (non-hydrogen) atoms. The first kappa shape index (κ1) is 23.0. The summed E-state index contributed by atoms with van der Waals surface area (Å²) in [5.41, 5.74) is 1.21. The van der Waals surface area contributed by atoms with Crippen molar-refractivity contribution in [2.45, 2.75) is 52.2 Å². The van der Waals surface area contributed by atoms with E-state index in [0.717, 1.165) is 5.56 Å². The minimum absolute atomic E-state index is 0.0368. The Morgan fingerprint density at radius 1 is 1.24 bits per heavy atom. The van der Waals surface area contributed by atoms with E-state index in [1.807, 2.05) is 32.6 Å². The molecule has 3 N–H and O–H groups in total. The Hall–Kier alpha value is -3.20. The molecule has 4 rings (SSSR count). The molecule has 2 amide bonds. The molecule has 9 heteroatoms. The molecule has 1 atom stereocenters. The normalized spacial score (nSPS) is 16.8. The maximum Gasteiger partial charge on any atom is 0.319 e. The molecule has 3 aromatic rings. The fourth-order valence-corrected chi connectivity index (χ4v) is 4.09. The zero-order valence-electron chi connectivity index (χ0n) is 19.4. The van der Waals surface area contributed by atoms with Gasteiger partial charge in [-0.05, 0) is 50.8 Å². The Morgan fingerprint density at radius 3 is 2.55 bits per heavy atom. The average molecular weight is 456 g/mol. The van der Waals surface area contributed by atoms with Crippen LogP contribution in [0.25, 0.3) is 11.0 Å². The Bertz CT molecular complexity index is 1130. The highest BCUT2D eigenvalue weighted by molar-refractivity contribution is 5.89. The number of aromatic nitrogens is 2. The summed E-state index contributed by atoms with van der Waals surface area (Å²) in [6.07, 6.45) is 4.44.